The highest BCUT2D eigenvalue weighted by molar-refractivity contribution is 6.35. The predicted octanol–water partition coefficient (Wildman–Crippen LogP) is 6.52. The second-order valence-corrected chi connectivity index (χ2v) is 8.32. The van der Waals surface area contributed by atoms with E-state index in [4.69, 9.17) is 21.6 Å². The fourth-order valence-corrected chi connectivity index (χ4v) is 4.42. The third kappa shape index (κ3) is 3.43. The SMILES string of the molecule is O=c1c(-c2ccccc2)c[nH]c2nc(-c3ccccc3)c(-c3cc(Cl)c4ncccc4c3)nc12. The van der Waals surface area contributed by atoms with Gasteiger partial charge in [0.15, 0.2) is 11.2 Å². The largest absolute Gasteiger partial charge is 0.344 e. The quantitative estimate of drug-likeness (QED) is 0.326. The van der Waals surface area contributed by atoms with Gasteiger partial charge in [-0.2, -0.15) is 0 Å². The number of fused-ring (bicyclic) bond motifs is 2. The van der Waals surface area contributed by atoms with E-state index < -0.39 is 0 Å². The van der Waals surface area contributed by atoms with Crippen molar-refractivity contribution in [2.75, 3.05) is 0 Å². The molecule has 3 aromatic heterocycles. The number of H-pyrrole nitrogens is 1. The predicted molar refractivity (Wildman–Crippen MR) is 137 cm³/mol. The lowest BCUT2D eigenvalue weighted by molar-refractivity contribution is 1.22. The van der Waals surface area contributed by atoms with E-state index in [1.807, 2.05) is 84.9 Å². The first-order chi connectivity index (χ1) is 16.7. The Morgan fingerprint density at radius 1 is 0.706 bits per heavy atom. The molecular formula is C28H17ClN4O. The van der Waals surface area contributed by atoms with Gasteiger partial charge in [-0.3, -0.25) is 9.78 Å². The topological polar surface area (TPSA) is 71.5 Å². The molecule has 3 aromatic carbocycles. The molecule has 0 unspecified atom stereocenters. The highest BCUT2D eigenvalue weighted by Gasteiger charge is 2.18. The minimum absolute atomic E-state index is 0.179. The van der Waals surface area contributed by atoms with Gasteiger partial charge in [0.05, 0.1) is 21.9 Å². The molecule has 0 aliphatic heterocycles. The molecule has 0 bridgehead atoms. The Morgan fingerprint density at radius 3 is 2.18 bits per heavy atom. The van der Waals surface area contributed by atoms with E-state index in [1.54, 1.807) is 12.4 Å². The van der Waals surface area contributed by atoms with E-state index in [-0.39, 0.29) is 10.9 Å². The summed E-state index contributed by atoms with van der Waals surface area (Å²) < 4.78 is 0. The Bertz CT molecular complexity index is 1730. The van der Waals surface area contributed by atoms with Crippen molar-refractivity contribution in [1.82, 2.24) is 19.9 Å². The van der Waals surface area contributed by atoms with Crippen LogP contribution in [0.4, 0.5) is 0 Å². The van der Waals surface area contributed by atoms with Crippen molar-refractivity contribution >= 4 is 33.7 Å². The number of benzene rings is 3. The Kier molecular flexibility index (Phi) is 4.90. The molecule has 5 nitrogen and oxygen atoms in total. The first-order valence-corrected chi connectivity index (χ1v) is 11.2. The molecule has 0 amide bonds. The maximum absolute atomic E-state index is 13.5. The van der Waals surface area contributed by atoms with Crippen molar-refractivity contribution in [3.05, 3.63) is 113 Å². The molecule has 0 saturated carbocycles. The van der Waals surface area contributed by atoms with E-state index in [0.717, 1.165) is 22.1 Å². The molecular weight excluding hydrogens is 444 g/mol. The lowest BCUT2D eigenvalue weighted by atomic mass is 10.0. The molecule has 0 aliphatic carbocycles. The molecule has 0 atom stereocenters. The average Bonchev–Trinajstić information content (AvgIpc) is 2.89. The zero-order valence-electron chi connectivity index (χ0n) is 17.9. The van der Waals surface area contributed by atoms with Gasteiger partial charge in [-0.25, -0.2) is 9.97 Å². The smallest absolute Gasteiger partial charge is 0.217 e. The van der Waals surface area contributed by atoms with Crippen LogP contribution >= 0.6 is 11.6 Å². The van der Waals surface area contributed by atoms with Gasteiger partial charge >= 0.3 is 0 Å². The number of hydrogen-bond donors (Lipinski definition) is 1. The monoisotopic (exact) mass is 460 g/mol. The minimum Gasteiger partial charge on any atom is -0.344 e. The molecule has 34 heavy (non-hydrogen) atoms. The van der Waals surface area contributed by atoms with E-state index in [9.17, 15) is 4.79 Å². The van der Waals surface area contributed by atoms with Crippen molar-refractivity contribution in [2.24, 2.45) is 0 Å². The Hall–Kier alpha value is -4.35. The van der Waals surface area contributed by atoms with Gasteiger partial charge in [0, 0.05) is 34.5 Å². The molecule has 0 fully saturated rings. The van der Waals surface area contributed by atoms with Crippen LogP contribution in [0, 0.1) is 0 Å². The number of nitrogens with zero attached hydrogens (tertiary/aromatic N) is 3. The van der Waals surface area contributed by atoms with Gasteiger partial charge in [0.1, 0.15) is 0 Å². The van der Waals surface area contributed by atoms with Crippen LogP contribution in [0.2, 0.25) is 5.02 Å². The fraction of sp³-hybridized carbons (Fsp3) is 0. The average molecular weight is 461 g/mol. The highest BCUT2D eigenvalue weighted by Crippen LogP contribution is 2.34. The van der Waals surface area contributed by atoms with Gasteiger partial charge in [-0.15, -0.1) is 0 Å². The summed E-state index contributed by atoms with van der Waals surface area (Å²) in [5, 5.41) is 1.40. The van der Waals surface area contributed by atoms with Crippen LogP contribution in [0.15, 0.2) is 102 Å². The molecule has 1 N–H and O–H groups in total. The van der Waals surface area contributed by atoms with E-state index in [0.29, 0.717) is 33.1 Å². The zero-order chi connectivity index (χ0) is 23.1. The normalized spacial score (nSPS) is 11.2. The van der Waals surface area contributed by atoms with Crippen molar-refractivity contribution in [1.29, 1.82) is 0 Å². The van der Waals surface area contributed by atoms with Gasteiger partial charge in [0.2, 0.25) is 5.43 Å². The second kappa shape index (κ2) is 8.21. The fourth-order valence-electron chi connectivity index (χ4n) is 4.14. The summed E-state index contributed by atoms with van der Waals surface area (Å²) in [6.45, 7) is 0. The number of hydrogen-bond acceptors (Lipinski definition) is 4. The number of nitrogens with one attached hydrogen (secondary N) is 1. The van der Waals surface area contributed by atoms with Crippen molar-refractivity contribution < 1.29 is 0 Å². The molecule has 0 spiro atoms. The van der Waals surface area contributed by atoms with Crippen molar-refractivity contribution in [2.45, 2.75) is 0 Å². The van der Waals surface area contributed by atoms with E-state index in [1.165, 1.54) is 0 Å². The van der Waals surface area contributed by atoms with Gasteiger partial charge in [0.25, 0.3) is 0 Å². The molecule has 162 valence electrons. The van der Waals surface area contributed by atoms with Crippen molar-refractivity contribution in [3.8, 4) is 33.6 Å². The summed E-state index contributed by atoms with van der Waals surface area (Å²) in [5.41, 5.74) is 5.51. The van der Waals surface area contributed by atoms with Crippen LogP contribution in [-0.2, 0) is 0 Å². The summed E-state index contributed by atoms with van der Waals surface area (Å²) in [6.07, 6.45) is 3.41. The minimum atomic E-state index is -0.179. The van der Waals surface area contributed by atoms with Crippen LogP contribution in [0.25, 0.3) is 55.7 Å². The Balaban J connectivity index is 1.67. The number of halogens is 1. The number of aromatic nitrogens is 4. The molecule has 0 aliphatic rings. The van der Waals surface area contributed by atoms with E-state index >= 15 is 0 Å². The van der Waals surface area contributed by atoms with Crippen molar-refractivity contribution in [3.63, 3.8) is 0 Å². The summed E-state index contributed by atoms with van der Waals surface area (Å²) >= 11 is 6.59. The van der Waals surface area contributed by atoms with Crippen LogP contribution in [0.1, 0.15) is 0 Å². The number of pyridine rings is 2. The summed E-state index contributed by atoms with van der Waals surface area (Å²) in [6, 6.07) is 26.9. The van der Waals surface area contributed by atoms with Gasteiger partial charge < -0.3 is 4.98 Å². The summed E-state index contributed by atoms with van der Waals surface area (Å²) in [4.78, 5) is 30.8. The summed E-state index contributed by atoms with van der Waals surface area (Å²) in [5.74, 6) is 0. The van der Waals surface area contributed by atoms with Crippen LogP contribution in [0.5, 0.6) is 0 Å². The molecule has 3 heterocycles. The Labute approximate surface area is 199 Å². The van der Waals surface area contributed by atoms with E-state index in [2.05, 4.69) is 9.97 Å². The third-order valence-corrected chi connectivity index (χ3v) is 6.06. The number of rotatable bonds is 3. The molecule has 0 radical (unpaired) electrons. The van der Waals surface area contributed by atoms with Crippen LogP contribution < -0.4 is 5.43 Å². The van der Waals surface area contributed by atoms with Gasteiger partial charge in [-0.1, -0.05) is 78.3 Å². The third-order valence-electron chi connectivity index (χ3n) is 5.77. The number of aromatic amines is 1. The molecule has 6 aromatic rings. The zero-order valence-corrected chi connectivity index (χ0v) is 18.6. The maximum atomic E-state index is 13.5. The Morgan fingerprint density at radius 2 is 1.41 bits per heavy atom. The maximum Gasteiger partial charge on any atom is 0.217 e. The summed E-state index contributed by atoms with van der Waals surface area (Å²) in [7, 11) is 0. The highest BCUT2D eigenvalue weighted by atomic mass is 35.5. The van der Waals surface area contributed by atoms with Gasteiger partial charge in [-0.05, 0) is 23.8 Å². The first-order valence-electron chi connectivity index (χ1n) is 10.8. The molecule has 0 saturated heterocycles. The van der Waals surface area contributed by atoms with Crippen LogP contribution in [-0.4, -0.2) is 19.9 Å². The van der Waals surface area contributed by atoms with Crippen LogP contribution in [0.3, 0.4) is 0 Å². The lowest BCUT2D eigenvalue weighted by Gasteiger charge is -2.12. The first kappa shape index (κ1) is 20.3. The standard InChI is InChI=1S/C28H17ClN4O/c29-22-15-20(14-19-12-7-13-30-23(19)22)25-24(18-10-5-2-6-11-18)33-28-26(32-25)27(34)21(16-31-28)17-8-3-1-4-9-17/h1-16H,(H,31,33,34). The lowest BCUT2D eigenvalue weighted by Crippen LogP contribution is -2.10. The molecule has 6 rings (SSSR count). The second-order valence-electron chi connectivity index (χ2n) is 7.91. The molecule has 6 heteroatoms.